The molecule has 3 N–H and O–H groups in total. The highest BCUT2D eigenvalue weighted by molar-refractivity contribution is 6.30. The summed E-state index contributed by atoms with van der Waals surface area (Å²) in [5, 5.41) is 16.4. The maximum atomic E-state index is 13.6. The van der Waals surface area contributed by atoms with Gasteiger partial charge in [0.15, 0.2) is 0 Å². The first kappa shape index (κ1) is 13.4. The Kier molecular flexibility index (Phi) is 3.77. The van der Waals surface area contributed by atoms with Crippen molar-refractivity contribution in [3.63, 3.8) is 0 Å². The Balaban J connectivity index is 2.23. The van der Waals surface area contributed by atoms with Gasteiger partial charge in [-0.25, -0.2) is 9.07 Å². The number of carboxylic acids is 1. The van der Waals surface area contributed by atoms with Crippen molar-refractivity contribution in [3.8, 4) is 5.69 Å². The summed E-state index contributed by atoms with van der Waals surface area (Å²) in [5.74, 6) is -1.68. The first-order valence-corrected chi connectivity index (χ1v) is 5.70. The molecule has 2 rings (SSSR count). The Morgan fingerprint density at radius 1 is 1.58 bits per heavy atom. The summed E-state index contributed by atoms with van der Waals surface area (Å²) in [6, 6.07) is 3.05. The predicted molar refractivity (Wildman–Crippen MR) is 65.6 cm³/mol. The van der Waals surface area contributed by atoms with Crippen molar-refractivity contribution >= 4 is 17.6 Å². The second-order valence-electron chi connectivity index (χ2n) is 3.90. The van der Waals surface area contributed by atoms with E-state index in [1.165, 1.54) is 23.0 Å². The summed E-state index contributed by atoms with van der Waals surface area (Å²) in [4.78, 5) is 10.6. The van der Waals surface area contributed by atoms with Gasteiger partial charge in [0.25, 0.3) is 0 Å². The standard InChI is InChI=1S/C11H10ClFN4O2/c12-6-1-2-10(8(13)3-6)17-5-7(15-16-17)4-9(14)11(18)19/h1-3,5,9H,4,14H2,(H,18,19). The molecule has 0 spiro atoms. The van der Waals surface area contributed by atoms with Gasteiger partial charge in [-0.2, -0.15) is 0 Å². The van der Waals surface area contributed by atoms with E-state index in [1.54, 1.807) is 0 Å². The van der Waals surface area contributed by atoms with Crippen molar-refractivity contribution in [2.24, 2.45) is 5.73 Å². The second kappa shape index (κ2) is 5.33. The minimum Gasteiger partial charge on any atom is -0.480 e. The molecular weight excluding hydrogens is 275 g/mol. The van der Waals surface area contributed by atoms with Gasteiger partial charge >= 0.3 is 5.97 Å². The molecule has 2 aromatic rings. The van der Waals surface area contributed by atoms with E-state index >= 15 is 0 Å². The molecule has 1 aromatic heterocycles. The lowest BCUT2D eigenvalue weighted by Gasteiger charge is -2.03. The van der Waals surface area contributed by atoms with Crippen molar-refractivity contribution in [3.05, 3.63) is 40.9 Å². The number of halogens is 2. The number of rotatable bonds is 4. The molecule has 0 aliphatic rings. The molecule has 0 saturated carbocycles. The maximum absolute atomic E-state index is 13.6. The van der Waals surface area contributed by atoms with Crippen LogP contribution in [-0.2, 0) is 11.2 Å². The topological polar surface area (TPSA) is 94.0 Å². The molecule has 0 bridgehead atoms. The molecule has 0 radical (unpaired) electrons. The molecule has 1 aromatic carbocycles. The third-order valence-electron chi connectivity index (χ3n) is 2.44. The molecule has 0 saturated heterocycles. The van der Waals surface area contributed by atoms with Gasteiger partial charge in [-0.15, -0.1) is 5.10 Å². The summed E-state index contributed by atoms with van der Waals surface area (Å²) >= 11 is 5.65. The van der Waals surface area contributed by atoms with E-state index in [2.05, 4.69) is 10.3 Å². The molecular formula is C11H10ClFN4O2. The molecule has 1 atom stereocenters. The number of aromatic nitrogens is 3. The van der Waals surface area contributed by atoms with E-state index in [-0.39, 0.29) is 17.1 Å². The van der Waals surface area contributed by atoms with Gasteiger partial charge in [0, 0.05) is 11.4 Å². The zero-order chi connectivity index (χ0) is 14.0. The Hall–Kier alpha value is -1.99. The summed E-state index contributed by atoms with van der Waals surface area (Å²) in [6.45, 7) is 0. The third kappa shape index (κ3) is 3.07. The van der Waals surface area contributed by atoms with E-state index in [4.69, 9.17) is 22.4 Å². The number of carboxylic acid groups (broad SMARTS) is 1. The lowest BCUT2D eigenvalue weighted by molar-refractivity contribution is -0.138. The van der Waals surface area contributed by atoms with Crippen LogP contribution in [0.25, 0.3) is 5.69 Å². The zero-order valence-electron chi connectivity index (χ0n) is 9.62. The minimum absolute atomic E-state index is 0.0184. The van der Waals surface area contributed by atoms with Crippen LogP contribution in [0.1, 0.15) is 5.69 Å². The normalized spacial score (nSPS) is 12.4. The Labute approximate surface area is 112 Å². The average molecular weight is 285 g/mol. The van der Waals surface area contributed by atoms with Crippen LogP contribution in [0.15, 0.2) is 24.4 Å². The summed E-state index contributed by atoms with van der Waals surface area (Å²) in [5.41, 5.74) is 5.92. The van der Waals surface area contributed by atoms with Crippen molar-refractivity contribution in [2.45, 2.75) is 12.5 Å². The molecule has 0 aliphatic carbocycles. The zero-order valence-corrected chi connectivity index (χ0v) is 10.4. The fraction of sp³-hybridized carbons (Fsp3) is 0.182. The van der Waals surface area contributed by atoms with Crippen LogP contribution in [0, 0.1) is 5.82 Å². The van der Waals surface area contributed by atoms with Crippen LogP contribution < -0.4 is 5.73 Å². The molecule has 100 valence electrons. The van der Waals surface area contributed by atoms with Gasteiger partial charge in [-0.05, 0) is 18.2 Å². The number of hydrogen-bond donors (Lipinski definition) is 2. The maximum Gasteiger partial charge on any atom is 0.320 e. The van der Waals surface area contributed by atoms with Crippen LogP contribution in [0.5, 0.6) is 0 Å². The van der Waals surface area contributed by atoms with Crippen LogP contribution in [0.2, 0.25) is 5.02 Å². The number of hydrogen-bond acceptors (Lipinski definition) is 4. The SMILES string of the molecule is NC(Cc1cn(-c2ccc(Cl)cc2F)nn1)C(=O)O. The van der Waals surface area contributed by atoms with E-state index in [0.29, 0.717) is 5.69 Å². The summed E-state index contributed by atoms with van der Waals surface area (Å²) in [6.07, 6.45) is 1.44. The highest BCUT2D eigenvalue weighted by Crippen LogP contribution is 2.17. The van der Waals surface area contributed by atoms with Crippen LogP contribution >= 0.6 is 11.6 Å². The van der Waals surface area contributed by atoms with Crippen molar-refractivity contribution in [1.29, 1.82) is 0 Å². The quantitative estimate of drug-likeness (QED) is 0.874. The Morgan fingerprint density at radius 2 is 2.32 bits per heavy atom. The number of nitrogens with two attached hydrogens (primary N) is 1. The molecule has 1 heterocycles. The molecule has 0 aliphatic heterocycles. The van der Waals surface area contributed by atoms with E-state index in [0.717, 1.165) is 6.07 Å². The number of carbonyl (C=O) groups is 1. The smallest absolute Gasteiger partial charge is 0.320 e. The van der Waals surface area contributed by atoms with Crippen molar-refractivity contribution in [1.82, 2.24) is 15.0 Å². The van der Waals surface area contributed by atoms with Gasteiger partial charge in [0.1, 0.15) is 17.5 Å². The van der Waals surface area contributed by atoms with Crippen molar-refractivity contribution < 1.29 is 14.3 Å². The molecule has 1 unspecified atom stereocenters. The third-order valence-corrected chi connectivity index (χ3v) is 2.68. The lowest BCUT2D eigenvalue weighted by atomic mass is 10.2. The summed E-state index contributed by atoms with van der Waals surface area (Å²) < 4.78 is 14.8. The highest BCUT2D eigenvalue weighted by Gasteiger charge is 2.15. The van der Waals surface area contributed by atoms with Gasteiger partial charge in [-0.3, -0.25) is 4.79 Å². The lowest BCUT2D eigenvalue weighted by Crippen LogP contribution is -2.32. The van der Waals surface area contributed by atoms with E-state index in [9.17, 15) is 9.18 Å². The van der Waals surface area contributed by atoms with E-state index < -0.39 is 17.8 Å². The highest BCUT2D eigenvalue weighted by atomic mass is 35.5. The van der Waals surface area contributed by atoms with Gasteiger partial charge in [-0.1, -0.05) is 16.8 Å². The fourth-order valence-corrected chi connectivity index (χ4v) is 1.65. The monoisotopic (exact) mass is 284 g/mol. The van der Waals surface area contributed by atoms with Gasteiger partial charge in [0.05, 0.1) is 11.9 Å². The fourth-order valence-electron chi connectivity index (χ4n) is 1.49. The second-order valence-corrected chi connectivity index (χ2v) is 4.34. The summed E-state index contributed by atoms with van der Waals surface area (Å²) in [7, 11) is 0. The number of aliphatic carboxylic acids is 1. The Morgan fingerprint density at radius 3 is 2.95 bits per heavy atom. The van der Waals surface area contributed by atoms with Gasteiger partial charge in [0.2, 0.25) is 0 Å². The Bertz CT molecular complexity index is 616. The van der Waals surface area contributed by atoms with Gasteiger partial charge < -0.3 is 10.8 Å². The number of nitrogens with zero attached hydrogens (tertiary/aromatic N) is 3. The molecule has 8 heteroatoms. The van der Waals surface area contributed by atoms with Crippen LogP contribution in [0.4, 0.5) is 4.39 Å². The molecule has 6 nitrogen and oxygen atoms in total. The molecule has 0 fully saturated rings. The average Bonchev–Trinajstić information content (AvgIpc) is 2.77. The molecule has 0 amide bonds. The largest absolute Gasteiger partial charge is 0.480 e. The first-order valence-electron chi connectivity index (χ1n) is 5.32. The minimum atomic E-state index is -1.13. The van der Waals surface area contributed by atoms with Crippen molar-refractivity contribution in [2.75, 3.05) is 0 Å². The van der Waals surface area contributed by atoms with E-state index in [1.807, 2.05) is 0 Å². The van der Waals surface area contributed by atoms with Crippen LogP contribution in [0.3, 0.4) is 0 Å². The first-order chi connectivity index (χ1) is 8.97. The predicted octanol–water partition coefficient (Wildman–Crippen LogP) is 1.01. The molecule has 19 heavy (non-hydrogen) atoms. The van der Waals surface area contributed by atoms with Crippen LogP contribution in [-0.4, -0.2) is 32.1 Å². The number of benzene rings is 1.